The first-order chi connectivity index (χ1) is 13.6. The largest absolute Gasteiger partial charge is 0.482 e. The highest BCUT2D eigenvalue weighted by Crippen LogP contribution is 2.31. The number of hydrogen-bond acceptors (Lipinski definition) is 7. The number of aromatic amines is 1. The third-order valence-electron chi connectivity index (χ3n) is 4.68. The van der Waals surface area contributed by atoms with Gasteiger partial charge in [0.1, 0.15) is 10.6 Å². The summed E-state index contributed by atoms with van der Waals surface area (Å²) in [5, 5.41) is 9.23. The van der Waals surface area contributed by atoms with E-state index >= 15 is 0 Å². The predicted molar refractivity (Wildman–Crippen MR) is 103 cm³/mol. The fourth-order valence-corrected chi connectivity index (χ4v) is 4.51. The predicted octanol–water partition coefficient (Wildman–Crippen LogP) is 0.849. The Bertz CT molecular complexity index is 1200. The number of carbonyl (C=O) groups is 2. The SMILES string of the molecule is O=C1COc2ccc(CNC(=O)c3nc4sc5c(c4c(=O)[nH]3)CNC5)cc2N1. The number of nitrogens with one attached hydrogen (secondary N) is 4. The van der Waals surface area contributed by atoms with Crippen molar-refractivity contribution in [3.05, 3.63) is 50.4 Å². The van der Waals surface area contributed by atoms with Gasteiger partial charge in [-0.15, -0.1) is 11.3 Å². The minimum atomic E-state index is -0.469. The van der Waals surface area contributed by atoms with E-state index in [1.165, 1.54) is 11.3 Å². The summed E-state index contributed by atoms with van der Waals surface area (Å²) in [5.74, 6) is -0.114. The molecule has 2 aromatic heterocycles. The van der Waals surface area contributed by atoms with Crippen LogP contribution in [0.5, 0.6) is 5.75 Å². The van der Waals surface area contributed by atoms with Crippen molar-refractivity contribution in [1.82, 2.24) is 20.6 Å². The van der Waals surface area contributed by atoms with Crippen molar-refractivity contribution in [3.8, 4) is 5.75 Å². The van der Waals surface area contributed by atoms with E-state index in [0.29, 0.717) is 28.2 Å². The van der Waals surface area contributed by atoms with E-state index in [9.17, 15) is 14.4 Å². The normalized spacial score (nSPS) is 14.9. The molecule has 4 N–H and O–H groups in total. The van der Waals surface area contributed by atoms with Crippen LogP contribution in [0, 0.1) is 0 Å². The molecule has 10 heteroatoms. The summed E-state index contributed by atoms with van der Waals surface area (Å²) in [4.78, 5) is 44.9. The minimum Gasteiger partial charge on any atom is -0.482 e. The lowest BCUT2D eigenvalue weighted by molar-refractivity contribution is -0.118. The Kier molecular flexibility index (Phi) is 3.88. The average Bonchev–Trinajstić information content (AvgIpc) is 3.26. The average molecular weight is 397 g/mol. The molecule has 0 fully saturated rings. The van der Waals surface area contributed by atoms with Crippen LogP contribution in [0.3, 0.4) is 0 Å². The number of hydrogen-bond donors (Lipinski definition) is 4. The first-order valence-electron chi connectivity index (χ1n) is 8.67. The summed E-state index contributed by atoms with van der Waals surface area (Å²) < 4.78 is 5.31. The van der Waals surface area contributed by atoms with Crippen LogP contribution in [0.15, 0.2) is 23.0 Å². The highest BCUT2D eigenvalue weighted by atomic mass is 32.1. The van der Waals surface area contributed by atoms with Crippen LogP contribution in [-0.4, -0.2) is 28.4 Å². The van der Waals surface area contributed by atoms with Gasteiger partial charge < -0.3 is 25.7 Å². The standard InChI is InChI=1S/C18H15N5O4S/c24-13-7-27-11-2-1-8(3-10(11)21-13)4-20-17(26)15-22-16(25)14-9-5-19-6-12(9)28-18(14)23-15/h1-3,19H,4-7H2,(H,20,26)(H,21,24)(H,22,23,25). The number of nitrogens with zero attached hydrogens (tertiary/aromatic N) is 1. The van der Waals surface area contributed by atoms with E-state index in [1.54, 1.807) is 18.2 Å². The summed E-state index contributed by atoms with van der Waals surface area (Å²) in [6.45, 7) is 1.57. The Morgan fingerprint density at radius 2 is 2.18 bits per heavy atom. The number of aromatic nitrogens is 2. The molecule has 0 saturated carbocycles. The fourth-order valence-electron chi connectivity index (χ4n) is 3.35. The van der Waals surface area contributed by atoms with Crippen LogP contribution in [0.25, 0.3) is 10.2 Å². The number of carbonyl (C=O) groups excluding carboxylic acids is 2. The Balaban J connectivity index is 1.35. The van der Waals surface area contributed by atoms with Crippen molar-refractivity contribution in [1.29, 1.82) is 0 Å². The number of thiophene rings is 1. The number of fused-ring (bicyclic) bond motifs is 4. The van der Waals surface area contributed by atoms with Crippen molar-refractivity contribution >= 4 is 39.1 Å². The highest BCUT2D eigenvalue weighted by molar-refractivity contribution is 7.18. The quantitative estimate of drug-likeness (QED) is 0.519. The van der Waals surface area contributed by atoms with Crippen molar-refractivity contribution in [2.24, 2.45) is 0 Å². The third kappa shape index (κ3) is 2.83. The van der Waals surface area contributed by atoms with Gasteiger partial charge in [0.25, 0.3) is 17.4 Å². The Morgan fingerprint density at radius 3 is 3.07 bits per heavy atom. The molecule has 4 heterocycles. The lowest BCUT2D eigenvalue weighted by Crippen LogP contribution is -2.28. The summed E-state index contributed by atoms with van der Waals surface area (Å²) in [7, 11) is 0. The van der Waals surface area contributed by atoms with Crippen LogP contribution < -0.4 is 26.2 Å². The maximum atomic E-state index is 12.5. The van der Waals surface area contributed by atoms with Crippen LogP contribution >= 0.6 is 11.3 Å². The Hall–Kier alpha value is -3.24. The van der Waals surface area contributed by atoms with E-state index in [-0.39, 0.29) is 30.4 Å². The molecule has 142 valence electrons. The molecule has 28 heavy (non-hydrogen) atoms. The monoisotopic (exact) mass is 397 g/mol. The Morgan fingerprint density at radius 1 is 1.29 bits per heavy atom. The van der Waals surface area contributed by atoms with E-state index in [0.717, 1.165) is 22.5 Å². The second-order valence-corrected chi connectivity index (χ2v) is 7.64. The maximum absolute atomic E-state index is 12.5. The molecule has 2 aliphatic heterocycles. The number of benzene rings is 1. The molecule has 1 aromatic carbocycles. The zero-order valence-corrected chi connectivity index (χ0v) is 15.4. The molecule has 0 spiro atoms. The molecule has 2 amide bonds. The Labute approximate surface area is 162 Å². The van der Waals surface area contributed by atoms with Gasteiger partial charge in [0.05, 0.1) is 11.1 Å². The lowest BCUT2D eigenvalue weighted by atomic mass is 10.1. The van der Waals surface area contributed by atoms with Crippen molar-refractivity contribution < 1.29 is 14.3 Å². The fraction of sp³-hybridized carbons (Fsp3) is 0.222. The van der Waals surface area contributed by atoms with E-state index < -0.39 is 5.91 Å². The zero-order valence-electron chi connectivity index (χ0n) is 14.5. The number of anilines is 1. The first-order valence-corrected chi connectivity index (χ1v) is 9.49. The van der Waals surface area contributed by atoms with Crippen LogP contribution in [0.1, 0.15) is 26.6 Å². The molecule has 0 aliphatic carbocycles. The maximum Gasteiger partial charge on any atom is 0.287 e. The van der Waals surface area contributed by atoms with Crippen LogP contribution in [0.4, 0.5) is 5.69 Å². The summed E-state index contributed by atoms with van der Waals surface area (Å²) in [6, 6.07) is 5.28. The second kappa shape index (κ2) is 6.43. The molecular weight excluding hydrogens is 382 g/mol. The lowest BCUT2D eigenvalue weighted by Gasteiger charge is -2.18. The molecular formula is C18H15N5O4S. The molecule has 5 rings (SSSR count). The molecule has 0 radical (unpaired) electrons. The van der Waals surface area contributed by atoms with E-state index in [1.807, 2.05) is 0 Å². The number of amides is 2. The molecule has 3 aromatic rings. The van der Waals surface area contributed by atoms with Crippen molar-refractivity contribution in [2.75, 3.05) is 11.9 Å². The van der Waals surface area contributed by atoms with Crippen molar-refractivity contribution in [2.45, 2.75) is 19.6 Å². The second-order valence-electron chi connectivity index (χ2n) is 6.55. The summed E-state index contributed by atoms with van der Waals surface area (Å²) in [5.41, 5.74) is 2.02. The van der Waals surface area contributed by atoms with Crippen LogP contribution in [0.2, 0.25) is 0 Å². The van der Waals surface area contributed by atoms with Gasteiger partial charge in [-0.05, 0) is 23.3 Å². The molecule has 9 nitrogen and oxygen atoms in total. The highest BCUT2D eigenvalue weighted by Gasteiger charge is 2.22. The summed E-state index contributed by atoms with van der Waals surface area (Å²) >= 11 is 1.43. The van der Waals surface area contributed by atoms with Gasteiger partial charge in [-0.3, -0.25) is 14.4 Å². The van der Waals surface area contributed by atoms with Crippen LogP contribution in [-0.2, 0) is 24.4 Å². The number of rotatable bonds is 3. The van der Waals surface area contributed by atoms with Gasteiger partial charge in [-0.25, -0.2) is 4.98 Å². The van der Waals surface area contributed by atoms with Crippen molar-refractivity contribution in [3.63, 3.8) is 0 Å². The molecule has 0 bridgehead atoms. The number of ether oxygens (including phenoxy) is 1. The van der Waals surface area contributed by atoms with E-state index in [2.05, 4.69) is 25.9 Å². The van der Waals surface area contributed by atoms with Gasteiger partial charge in [0, 0.05) is 24.5 Å². The van der Waals surface area contributed by atoms with E-state index in [4.69, 9.17) is 4.74 Å². The minimum absolute atomic E-state index is 0.00714. The van der Waals surface area contributed by atoms with Gasteiger partial charge in [-0.1, -0.05) is 6.07 Å². The zero-order chi connectivity index (χ0) is 19.3. The summed E-state index contributed by atoms with van der Waals surface area (Å²) in [6.07, 6.45) is 0. The molecule has 0 atom stereocenters. The molecule has 2 aliphatic rings. The van der Waals surface area contributed by atoms with Gasteiger partial charge in [0.2, 0.25) is 5.82 Å². The third-order valence-corrected chi connectivity index (χ3v) is 5.80. The number of H-pyrrole nitrogens is 1. The smallest absolute Gasteiger partial charge is 0.287 e. The topological polar surface area (TPSA) is 125 Å². The molecule has 0 unspecified atom stereocenters. The van der Waals surface area contributed by atoms with Gasteiger partial charge in [-0.2, -0.15) is 0 Å². The van der Waals surface area contributed by atoms with Gasteiger partial charge >= 0.3 is 0 Å². The first kappa shape index (κ1) is 16.9. The van der Waals surface area contributed by atoms with Gasteiger partial charge in [0.15, 0.2) is 6.61 Å². The molecule has 0 saturated heterocycles.